The van der Waals surface area contributed by atoms with Gasteiger partial charge < -0.3 is 15.8 Å². The number of nitrogen functional groups attached to an aromatic ring is 1. The fourth-order valence-corrected chi connectivity index (χ4v) is 1.75. The third-order valence-electron chi connectivity index (χ3n) is 2.71. The van der Waals surface area contributed by atoms with Crippen molar-refractivity contribution >= 4 is 17.3 Å². The number of benzene rings is 2. The van der Waals surface area contributed by atoms with E-state index in [1.807, 2.05) is 5.32 Å². The van der Waals surface area contributed by atoms with E-state index in [4.69, 9.17) is 10.5 Å². The fourth-order valence-electron chi connectivity index (χ4n) is 1.75. The third-order valence-corrected chi connectivity index (χ3v) is 2.71. The summed E-state index contributed by atoms with van der Waals surface area (Å²) < 4.78 is 44.8. The van der Waals surface area contributed by atoms with Crippen molar-refractivity contribution in [3.8, 4) is 5.75 Å². The summed E-state index contributed by atoms with van der Waals surface area (Å²) in [6.07, 6.45) is 0. The minimum atomic E-state index is -1.22. The Balaban J connectivity index is 2.37. The quantitative estimate of drug-likeness (QED) is 0.856. The van der Waals surface area contributed by atoms with Gasteiger partial charge in [0.15, 0.2) is 11.6 Å². The number of halogens is 3. The van der Waals surface area contributed by atoms with Gasteiger partial charge in [0.1, 0.15) is 17.3 Å². The zero-order chi connectivity index (χ0) is 15.6. The Labute approximate surface area is 118 Å². The van der Waals surface area contributed by atoms with E-state index in [0.717, 1.165) is 0 Å². The van der Waals surface area contributed by atoms with Crippen LogP contribution in [0, 0.1) is 17.5 Å². The van der Waals surface area contributed by atoms with E-state index in [2.05, 4.69) is 0 Å². The molecule has 0 aromatic heterocycles. The molecule has 0 radical (unpaired) electrons. The normalized spacial score (nSPS) is 10.3. The summed E-state index contributed by atoms with van der Waals surface area (Å²) in [5, 5.41) is 2.03. The van der Waals surface area contributed by atoms with Crippen LogP contribution >= 0.6 is 0 Å². The molecule has 0 saturated heterocycles. The van der Waals surface area contributed by atoms with Crippen LogP contribution in [-0.2, 0) is 0 Å². The van der Waals surface area contributed by atoms with Gasteiger partial charge in [0, 0.05) is 17.8 Å². The van der Waals surface area contributed by atoms with E-state index in [1.54, 1.807) is 0 Å². The monoisotopic (exact) mass is 296 g/mol. The molecule has 21 heavy (non-hydrogen) atoms. The minimum absolute atomic E-state index is 0.000579. The number of nitrogens with one attached hydrogen (secondary N) is 1. The molecule has 0 aliphatic heterocycles. The fraction of sp³-hybridized carbons (Fsp3) is 0.0714. The maximum absolute atomic E-state index is 13.5. The van der Waals surface area contributed by atoms with Crippen molar-refractivity contribution in [1.29, 1.82) is 0 Å². The van der Waals surface area contributed by atoms with Gasteiger partial charge in [-0.1, -0.05) is 0 Å². The number of carbonyl (C=O) groups is 1. The summed E-state index contributed by atoms with van der Waals surface area (Å²) in [5.74, 6) is -4.16. The number of ether oxygens (including phenoxy) is 1. The SMILES string of the molecule is COc1ccc(N)cc1C(=O)Nc1c(F)cc(F)cc1F. The van der Waals surface area contributed by atoms with E-state index in [1.165, 1.54) is 25.3 Å². The van der Waals surface area contributed by atoms with Crippen LogP contribution in [-0.4, -0.2) is 13.0 Å². The van der Waals surface area contributed by atoms with Crippen molar-refractivity contribution in [2.24, 2.45) is 0 Å². The van der Waals surface area contributed by atoms with Gasteiger partial charge in [0.25, 0.3) is 5.91 Å². The van der Waals surface area contributed by atoms with Gasteiger partial charge in [-0.05, 0) is 18.2 Å². The zero-order valence-electron chi connectivity index (χ0n) is 10.9. The van der Waals surface area contributed by atoms with Crippen molar-refractivity contribution in [2.75, 3.05) is 18.2 Å². The van der Waals surface area contributed by atoms with Gasteiger partial charge in [-0.15, -0.1) is 0 Å². The molecule has 3 N–H and O–H groups in total. The predicted octanol–water partition coefficient (Wildman–Crippen LogP) is 2.95. The van der Waals surface area contributed by atoms with Crippen LogP contribution in [0.15, 0.2) is 30.3 Å². The molecule has 0 unspecified atom stereocenters. The number of anilines is 2. The number of rotatable bonds is 3. The van der Waals surface area contributed by atoms with E-state index < -0.39 is 29.0 Å². The second kappa shape index (κ2) is 5.74. The van der Waals surface area contributed by atoms with Crippen molar-refractivity contribution in [3.63, 3.8) is 0 Å². The molecule has 0 spiro atoms. The van der Waals surface area contributed by atoms with Crippen molar-refractivity contribution in [3.05, 3.63) is 53.3 Å². The molecule has 110 valence electrons. The highest BCUT2D eigenvalue weighted by molar-refractivity contribution is 6.06. The smallest absolute Gasteiger partial charge is 0.259 e. The molecule has 7 heteroatoms. The topological polar surface area (TPSA) is 64.3 Å². The molecule has 2 aromatic carbocycles. The Hall–Kier alpha value is -2.70. The van der Waals surface area contributed by atoms with Gasteiger partial charge in [-0.25, -0.2) is 13.2 Å². The molecule has 0 saturated carbocycles. The van der Waals surface area contributed by atoms with Gasteiger partial charge in [0.05, 0.1) is 12.7 Å². The first-order valence-corrected chi connectivity index (χ1v) is 5.81. The van der Waals surface area contributed by atoms with Crippen LogP contribution in [0.25, 0.3) is 0 Å². The van der Waals surface area contributed by atoms with Gasteiger partial charge in [0.2, 0.25) is 0 Å². The van der Waals surface area contributed by atoms with Crippen LogP contribution in [0.2, 0.25) is 0 Å². The molecular weight excluding hydrogens is 285 g/mol. The Bertz CT molecular complexity index is 682. The van der Waals surface area contributed by atoms with Crippen LogP contribution in [0.3, 0.4) is 0 Å². The first kappa shape index (κ1) is 14.7. The molecule has 2 rings (SSSR count). The molecule has 0 aliphatic carbocycles. The van der Waals surface area contributed by atoms with Crippen LogP contribution < -0.4 is 15.8 Å². The molecule has 4 nitrogen and oxygen atoms in total. The van der Waals surface area contributed by atoms with Gasteiger partial charge in [-0.2, -0.15) is 0 Å². The largest absolute Gasteiger partial charge is 0.496 e. The lowest BCUT2D eigenvalue weighted by Gasteiger charge is -2.11. The van der Waals surface area contributed by atoms with Gasteiger partial charge >= 0.3 is 0 Å². The maximum atomic E-state index is 13.5. The highest BCUT2D eigenvalue weighted by Crippen LogP contribution is 2.25. The molecular formula is C14H11F3N2O2. The third kappa shape index (κ3) is 3.07. The number of carbonyl (C=O) groups excluding carboxylic acids is 1. The Morgan fingerprint density at radius 3 is 2.33 bits per heavy atom. The number of nitrogens with two attached hydrogens (primary N) is 1. The molecule has 0 heterocycles. The molecule has 2 aromatic rings. The maximum Gasteiger partial charge on any atom is 0.259 e. The summed E-state index contributed by atoms with van der Waals surface area (Å²) in [6.45, 7) is 0. The lowest BCUT2D eigenvalue weighted by Crippen LogP contribution is -2.16. The lowest BCUT2D eigenvalue weighted by molar-refractivity contribution is 0.102. The van der Waals surface area contributed by atoms with Crippen molar-refractivity contribution in [1.82, 2.24) is 0 Å². The van der Waals surface area contributed by atoms with Crippen LogP contribution in [0.4, 0.5) is 24.5 Å². The summed E-state index contributed by atoms with van der Waals surface area (Å²) in [7, 11) is 1.33. The second-order valence-corrected chi connectivity index (χ2v) is 4.16. The average Bonchev–Trinajstić information content (AvgIpc) is 2.42. The number of methoxy groups -OCH3 is 1. The summed E-state index contributed by atoms with van der Waals surface area (Å²) in [4.78, 5) is 12.1. The summed E-state index contributed by atoms with van der Waals surface area (Å²) in [6, 6.07) is 5.19. The van der Waals surface area contributed by atoms with Crippen LogP contribution in [0.5, 0.6) is 5.75 Å². The van der Waals surface area contributed by atoms with E-state index in [0.29, 0.717) is 12.1 Å². The van der Waals surface area contributed by atoms with E-state index in [9.17, 15) is 18.0 Å². The first-order chi connectivity index (χ1) is 9.92. The average molecular weight is 296 g/mol. The molecule has 0 bridgehead atoms. The molecule has 0 fully saturated rings. The van der Waals surface area contributed by atoms with Crippen molar-refractivity contribution < 1.29 is 22.7 Å². The first-order valence-electron chi connectivity index (χ1n) is 5.81. The van der Waals surface area contributed by atoms with E-state index >= 15 is 0 Å². The summed E-state index contributed by atoms with van der Waals surface area (Å²) >= 11 is 0. The van der Waals surface area contributed by atoms with Gasteiger partial charge in [-0.3, -0.25) is 4.79 Å². The Morgan fingerprint density at radius 1 is 1.14 bits per heavy atom. The zero-order valence-corrected chi connectivity index (χ0v) is 10.9. The number of hydrogen-bond acceptors (Lipinski definition) is 3. The summed E-state index contributed by atoms with van der Waals surface area (Å²) in [5.41, 5.74) is 5.09. The highest BCUT2D eigenvalue weighted by Gasteiger charge is 2.18. The minimum Gasteiger partial charge on any atom is -0.496 e. The molecule has 1 amide bonds. The standard InChI is InChI=1S/C14H11F3N2O2/c1-21-12-3-2-8(18)6-9(12)14(20)19-13-10(16)4-7(15)5-11(13)17/h2-6H,18H2,1H3,(H,19,20). The van der Waals surface area contributed by atoms with E-state index in [-0.39, 0.29) is 17.0 Å². The highest BCUT2D eigenvalue weighted by atomic mass is 19.1. The number of hydrogen-bond donors (Lipinski definition) is 2. The van der Waals surface area contributed by atoms with Crippen LogP contribution in [0.1, 0.15) is 10.4 Å². The lowest BCUT2D eigenvalue weighted by atomic mass is 10.1. The second-order valence-electron chi connectivity index (χ2n) is 4.16. The Kier molecular flexibility index (Phi) is 4.02. The number of amides is 1. The molecule has 0 atom stereocenters. The predicted molar refractivity (Wildman–Crippen MR) is 71.7 cm³/mol. The van der Waals surface area contributed by atoms with Crippen molar-refractivity contribution in [2.45, 2.75) is 0 Å². The molecule has 0 aliphatic rings. The Morgan fingerprint density at radius 2 is 1.76 bits per heavy atom.